The quantitative estimate of drug-likeness (QED) is 0.723. The van der Waals surface area contributed by atoms with Crippen LogP contribution in [-0.4, -0.2) is 21.9 Å². The van der Waals surface area contributed by atoms with Gasteiger partial charge in [0.05, 0.1) is 0 Å². The van der Waals surface area contributed by atoms with E-state index in [1.165, 1.54) is 0 Å². The molecule has 1 aromatic heterocycles. The smallest absolute Gasteiger partial charge is 0.240 e. The number of nitrogens with two attached hydrogens (primary N) is 2. The monoisotopic (exact) mass is 251 g/mol. The van der Waals surface area contributed by atoms with Gasteiger partial charge in [0.1, 0.15) is 11.9 Å². The number of nitrogens with zero attached hydrogens (tertiary/aromatic N) is 2. The standard InChI is InChI=1S/C12H21N5O/c1-5-6(2)9(10(13)18)16-11-7(3)8(4)15-12(14)17-11/h6,9H,5H2,1-4H3,(H2,13,18)(H3,14,15,16,17)/t6-,9-/m0/s1. The number of primary amides is 1. The Balaban J connectivity index is 3.04. The molecule has 18 heavy (non-hydrogen) atoms. The molecule has 0 unspecified atom stereocenters. The molecule has 1 aromatic rings. The number of rotatable bonds is 5. The largest absolute Gasteiger partial charge is 0.368 e. The molecule has 0 radical (unpaired) electrons. The molecule has 6 nitrogen and oxygen atoms in total. The van der Waals surface area contributed by atoms with Gasteiger partial charge in [0.25, 0.3) is 0 Å². The molecule has 5 N–H and O–H groups in total. The van der Waals surface area contributed by atoms with Crippen LogP contribution in [0, 0.1) is 19.8 Å². The van der Waals surface area contributed by atoms with Crippen molar-refractivity contribution in [3.63, 3.8) is 0 Å². The van der Waals surface area contributed by atoms with Crippen LogP contribution in [0.5, 0.6) is 0 Å². The molecule has 0 aliphatic heterocycles. The molecular formula is C12H21N5O. The van der Waals surface area contributed by atoms with E-state index in [1.54, 1.807) is 0 Å². The maximum atomic E-state index is 11.5. The predicted molar refractivity (Wildman–Crippen MR) is 72.0 cm³/mol. The molecule has 0 aliphatic carbocycles. The van der Waals surface area contributed by atoms with Gasteiger partial charge in [-0.2, -0.15) is 4.98 Å². The first-order valence-corrected chi connectivity index (χ1v) is 6.03. The van der Waals surface area contributed by atoms with Crippen molar-refractivity contribution in [2.75, 3.05) is 11.1 Å². The highest BCUT2D eigenvalue weighted by atomic mass is 16.1. The third kappa shape index (κ3) is 3.09. The molecule has 6 heteroatoms. The third-order valence-corrected chi connectivity index (χ3v) is 3.22. The molecule has 1 heterocycles. The average molecular weight is 251 g/mol. The molecule has 0 aliphatic rings. The topological polar surface area (TPSA) is 107 Å². The lowest BCUT2D eigenvalue weighted by atomic mass is 9.98. The lowest BCUT2D eigenvalue weighted by Gasteiger charge is -2.23. The van der Waals surface area contributed by atoms with Crippen LogP contribution in [0.2, 0.25) is 0 Å². The number of aromatic nitrogens is 2. The number of nitrogen functional groups attached to an aromatic ring is 1. The van der Waals surface area contributed by atoms with Crippen molar-refractivity contribution in [2.24, 2.45) is 11.7 Å². The SMILES string of the molecule is CC[C@H](C)[C@H](Nc1nc(N)nc(C)c1C)C(N)=O. The molecule has 0 aromatic carbocycles. The minimum Gasteiger partial charge on any atom is -0.368 e. The molecule has 0 spiro atoms. The van der Waals surface area contributed by atoms with Crippen molar-refractivity contribution >= 4 is 17.7 Å². The van der Waals surface area contributed by atoms with E-state index in [-0.39, 0.29) is 11.9 Å². The zero-order valence-corrected chi connectivity index (χ0v) is 11.3. The summed E-state index contributed by atoms with van der Waals surface area (Å²) in [4.78, 5) is 19.7. The summed E-state index contributed by atoms with van der Waals surface area (Å²) in [6, 6.07) is -0.456. The Morgan fingerprint density at radius 2 is 2.00 bits per heavy atom. The van der Waals surface area contributed by atoms with Crippen molar-refractivity contribution in [1.29, 1.82) is 0 Å². The minimum absolute atomic E-state index is 0.124. The summed E-state index contributed by atoms with van der Waals surface area (Å²) >= 11 is 0. The summed E-state index contributed by atoms with van der Waals surface area (Å²) < 4.78 is 0. The normalized spacial score (nSPS) is 14.0. The lowest BCUT2D eigenvalue weighted by Crippen LogP contribution is -2.40. The van der Waals surface area contributed by atoms with Crippen LogP contribution in [0.1, 0.15) is 31.5 Å². The number of anilines is 2. The van der Waals surface area contributed by atoms with Crippen molar-refractivity contribution in [3.05, 3.63) is 11.3 Å². The van der Waals surface area contributed by atoms with Gasteiger partial charge in [0.15, 0.2) is 0 Å². The molecule has 1 rings (SSSR count). The summed E-state index contributed by atoms with van der Waals surface area (Å²) in [6.07, 6.45) is 0.846. The highest BCUT2D eigenvalue weighted by Gasteiger charge is 2.23. The van der Waals surface area contributed by atoms with E-state index in [4.69, 9.17) is 11.5 Å². The first kappa shape index (κ1) is 14.2. The zero-order valence-electron chi connectivity index (χ0n) is 11.3. The van der Waals surface area contributed by atoms with Gasteiger partial charge in [-0.1, -0.05) is 20.3 Å². The Kier molecular flexibility index (Phi) is 4.47. The van der Waals surface area contributed by atoms with E-state index in [1.807, 2.05) is 27.7 Å². The number of carbonyl (C=O) groups is 1. The number of aryl methyl sites for hydroxylation is 1. The van der Waals surface area contributed by atoms with Crippen molar-refractivity contribution in [2.45, 2.75) is 40.2 Å². The van der Waals surface area contributed by atoms with Gasteiger partial charge >= 0.3 is 0 Å². The molecule has 0 bridgehead atoms. The van der Waals surface area contributed by atoms with Crippen LogP contribution in [0.15, 0.2) is 0 Å². The van der Waals surface area contributed by atoms with Gasteiger partial charge in [-0.25, -0.2) is 4.98 Å². The van der Waals surface area contributed by atoms with E-state index in [0.29, 0.717) is 5.82 Å². The predicted octanol–water partition coefficient (Wildman–Crippen LogP) is 0.988. The average Bonchev–Trinajstić information content (AvgIpc) is 2.30. The zero-order chi connectivity index (χ0) is 13.9. The summed E-state index contributed by atoms with van der Waals surface area (Å²) in [5.74, 6) is 0.494. The number of nitrogens with one attached hydrogen (secondary N) is 1. The summed E-state index contributed by atoms with van der Waals surface area (Å²) in [5, 5.41) is 3.07. The van der Waals surface area contributed by atoms with Gasteiger partial charge in [-0.3, -0.25) is 4.79 Å². The fourth-order valence-electron chi connectivity index (χ4n) is 1.67. The second kappa shape index (κ2) is 5.66. The number of carbonyl (C=O) groups excluding carboxylic acids is 1. The van der Waals surface area contributed by atoms with E-state index in [2.05, 4.69) is 15.3 Å². The third-order valence-electron chi connectivity index (χ3n) is 3.22. The van der Waals surface area contributed by atoms with E-state index in [9.17, 15) is 4.79 Å². The maximum absolute atomic E-state index is 11.5. The maximum Gasteiger partial charge on any atom is 0.240 e. The van der Waals surface area contributed by atoms with Crippen LogP contribution in [-0.2, 0) is 4.79 Å². The molecular weight excluding hydrogens is 230 g/mol. The fourth-order valence-corrected chi connectivity index (χ4v) is 1.67. The van der Waals surface area contributed by atoms with Crippen molar-refractivity contribution < 1.29 is 4.79 Å². The van der Waals surface area contributed by atoms with Crippen molar-refractivity contribution in [3.8, 4) is 0 Å². The summed E-state index contributed by atoms with van der Waals surface area (Å²) in [5.41, 5.74) is 12.7. The first-order chi connectivity index (χ1) is 8.36. The van der Waals surface area contributed by atoms with Crippen molar-refractivity contribution in [1.82, 2.24) is 9.97 Å². The molecule has 2 atom stereocenters. The summed E-state index contributed by atoms with van der Waals surface area (Å²) in [7, 11) is 0. The second-order valence-corrected chi connectivity index (χ2v) is 4.55. The van der Waals surface area contributed by atoms with Crippen LogP contribution in [0.25, 0.3) is 0 Å². The van der Waals surface area contributed by atoms with E-state index in [0.717, 1.165) is 17.7 Å². The number of amides is 1. The fraction of sp³-hybridized carbons (Fsp3) is 0.583. The van der Waals surface area contributed by atoms with Gasteiger partial charge in [0.2, 0.25) is 11.9 Å². The Bertz CT molecular complexity index is 446. The van der Waals surface area contributed by atoms with Gasteiger partial charge < -0.3 is 16.8 Å². The van der Waals surface area contributed by atoms with E-state index < -0.39 is 11.9 Å². The Morgan fingerprint density at radius 1 is 1.39 bits per heavy atom. The van der Waals surface area contributed by atoms with Crippen LogP contribution >= 0.6 is 0 Å². The second-order valence-electron chi connectivity index (χ2n) is 4.55. The molecule has 100 valence electrons. The number of hydrogen-bond acceptors (Lipinski definition) is 5. The summed E-state index contributed by atoms with van der Waals surface area (Å²) in [6.45, 7) is 7.71. The molecule has 0 saturated carbocycles. The molecule has 1 amide bonds. The van der Waals surface area contributed by atoms with Gasteiger partial charge in [-0.05, 0) is 19.8 Å². The van der Waals surface area contributed by atoms with Gasteiger partial charge in [0, 0.05) is 11.3 Å². The highest BCUT2D eigenvalue weighted by molar-refractivity contribution is 5.83. The molecule has 0 saturated heterocycles. The van der Waals surface area contributed by atoms with Crippen LogP contribution < -0.4 is 16.8 Å². The minimum atomic E-state index is -0.456. The van der Waals surface area contributed by atoms with Crippen LogP contribution in [0.4, 0.5) is 11.8 Å². The van der Waals surface area contributed by atoms with E-state index >= 15 is 0 Å². The van der Waals surface area contributed by atoms with Gasteiger partial charge in [-0.15, -0.1) is 0 Å². The highest BCUT2D eigenvalue weighted by Crippen LogP contribution is 2.19. The lowest BCUT2D eigenvalue weighted by molar-refractivity contribution is -0.119. The Labute approximate surface area is 107 Å². The van der Waals surface area contributed by atoms with Crippen LogP contribution in [0.3, 0.4) is 0 Å². The first-order valence-electron chi connectivity index (χ1n) is 6.03. The Hall–Kier alpha value is -1.85. The number of hydrogen-bond donors (Lipinski definition) is 3. The Morgan fingerprint density at radius 3 is 2.50 bits per heavy atom. The molecule has 0 fully saturated rings.